The molecule has 3 nitrogen and oxygen atoms in total. The van der Waals surface area contributed by atoms with Gasteiger partial charge in [-0.15, -0.1) is 0 Å². The molecule has 1 heterocycles. The lowest BCUT2D eigenvalue weighted by Crippen LogP contribution is -2.12. The van der Waals surface area contributed by atoms with E-state index in [9.17, 15) is 5.11 Å². The molecule has 2 atom stereocenters. The molecule has 1 fully saturated rings. The van der Waals surface area contributed by atoms with Crippen LogP contribution in [-0.4, -0.2) is 21.0 Å². The van der Waals surface area contributed by atoms with Crippen LogP contribution >= 0.6 is 0 Å². The first-order chi connectivity index (χ1) is 7.24. The summed E-state index contributed by atoms with van der Waals surface area (Å²) in [7, 11) is 1.95. The third-order valence-electron chi connectivity index (χ3n) is 3.27. The molecule has 1 aliphatic carbocycles. The Bertz CT molecular complexity index is 308. The summed E-state index contributed by atoms with van der Waals surface area (Å²) in [5.41, 5.74) is 1.16. The summed E-state index contributed by atoms with van der Waals surface area (Å²) in [6.45, 7) is 0. The third kappa shape index (κ3) is 3.06. The van der Waals surface area contributed by atoms with E-state index in [1.807, 2.05) is 17.9 Å². The normalized spacial score (nSPS) is 27.6. The Morgan fingerprint density at radius 1 is 1.47 bits per heavy atom. The first kappa shape index (κ1) is 10.7. The van der Waals surface area contributed by atoms with Crippen LogP contribution in [0.4, 0.5) is 0 Å². The fraction of sp³-hybridized carbons (Fsp3) is 0.750. The second-order valence-electron chi connectivity index (χ2n) is 4.72. The first-order valence-corrected chi connectivity index (χ1v) is 5.90. The molecule has 1 aromatic heterocycles. The minimum absolute atomic E-state index is 0.0822. The summed E-state index contributed by atoms with van der Waals surface area (Å²) in [5.74, 6) is 0.623. The Kier molecular flexibility index (Phi) is 3.41. The Balaban J connectivity index is 1.92. The van der Waals surface area contributed by atoms with Gasteiger partial charge in [-0.1, -0.05) is 12.8 Å². The van der Waals surface area contributed by atoms with E-state index in [4.69, 9.17) is 0 Å². The van der Waals surface area contributed by atoms with Gasteiger partial charge < -0.3 is 5.11 Å². The van der Waals surface area contributed by atoms with E-state index in [1.54, 1.807) is 0 Å². The van der Waals surface area contributed by atoms with Gasteiger partial charge in [0.15, 0.2) is 0 Å². The van der Waals surface area contributed by atoms with Crippen molar-refractivity contribution in [1.82, 2.24) is 9.78 Å². The van der Waals surface area contributed by atoms with Gasteiger partial charge in [-0.05, 0) is 37.7 Å². The summed E-state index contributed by atoms with van der Waals surface area (Å²) >= 11 is 0. The van der Waals surface area contributed by atoms with Crippen molar-refractivity contribution in [1.29, 1.82) is 0 Å². The molecule has 1 saturated carbocycles. The van der Waals surface area contributed by atoms with Crippen molar-refractivity contribution >= 4 is 0 Å². The minimum Gasteiger partial charge on any atom is -0.393 e. The molecule has 0 bridgehead atoms. The molecule has 15 heavy (non-hydrogen) atoms. The SMILES string of the molecule is Cn1ccc(CC2CCCCC(O)C2)n1. The number of rotatable bonds is 2. The van der Waals surface area contributed by atoms with Gasteiger partial charge in [0.1, 0.15) is 0 Å². The average Bonchev–Trinajstić information content (AvgIpc) is 2.46. The number of aliphatic hydroxyl groups excluding tert-OH is 1. The van der Waals surface area contributed by atoms with Crippen LogP contribution in [0.25, 0.3) is 0 Å². The van der Waals surface area contributed by atoms with E-state index in [0.717, 1.165) is 25.0 Å². The van der Waals surface area contributed by atoms with E-state index in [0.29, 0.717) is 5.92 Å². The standard InChI is InChI=1S/C12H20N2O/c1-14-7-6-11(13-14)8-10-4-2-3-5-12(15)9-10/h6-7,10,12,15H,2-5,8-9H2,1H3. The maximum Gasteiger partial charge on any atom is 0.0627 e. The summed E-state index contributed by atoms with van der Waals surface area (Å²) in [6.07, 6.45) is 8.55. The molecule has 0 aliphatic heterocycles. The molecule has 0 radical (unpaired) electrons. The van der Waals surface area contributed by atoms with Gasteiger partial charge in [0.05, 0.1) is 11.8 Å². The van der Waals surface area contributed by atoms with Gasteiger partial charge in [0.25, 0.3) is 0 Å². The molecule has 0 aromatic carbocycles. The van der Waals surface area contributed by atoms with E-state index in [-0.39, 0.29) is 6.10 Å². The number of aliphatic hydroxyl groups is 1. The average molecular weight is 208 g/mol. The molecule has 0 spiro atoms. The van der Waals surface area contributed by atoms with E-state index in [2.05, 4.69) is 11.2 Å². The van der Waals surface area contributed by atoms with Crippen LogP contribution in [0.2, 0.25) is 0 Å². The van der Waals surface area contributed by atoms with Crippen molar-refractivity contribution in [2.24, 2.45) is 13.0 Å². The fourth-order valence-corrected chi connectivity index (χ4v) is 2.49. The fourth-order valence-electron chi connectivity index (χ4n) is 2.49. The van der Waals surface area contributed by atoms with Gasteiger partial charge in [0.2, 0.25) is 0 Å². The van der Waals surface area contributed by atoms with Crippen molar-refractivity contribution in [3.05, 3.63) is 18.0 Å². The largest absolute Gasteiger partial charge is 0.393 e. The highest BCUT2D eigenvalue weighted by Crippen LogP contribution is 2.25. The smallest absolute Gasteiger partial charge is 0.0627 e. The van der Waals surface area contributed by atoms with Gasteiger partial charge in [-0.25, -0.2) is 0 Å². The van der Waals surface area contributed by atoms with Crippen molar-refractivity contribution in [3.8, 4) is 0 Å². The second kappa shape index (κ2) is 4.79. The van der Waals surface area contributed by atoms with E-state index < -0.39 is 0 Å². The zero-order chi connectivity index (χ0) is 10.7. The Morgan fingerprint density at radius 2 is 2.27 bits per heavy atom. The van der Waals surface area contributed by atoms with Gasteiger partial charge >= 0.3 is 0 Å². The number of aryl methyl sites for hydroxylation is 1. The van der Waals surface area contributed by atoms with Crippen LogP contribution in [0.5, 0.6) is 0 Å². The zero-order valence-electron chi connectivity index (χ0n) is 9.39. The van der Waals surface area contributed by atoms with Crippen LogP contribution in [0, 0.1) is 5.92 Å². The molecule has 2 rings (SSSR count). The zero-order valence-corrected chi connectivity index (χ0v) is 9.39. The molecule has 0 amide bonds. The van der Waals surface area contributed by atoms with Crippen molar-refractivity contribution in [2.75, 3.05) is 0 Å². The molecular weight excluding hydrogens is 188 g/mol. The third-order valence-corrected chi connectivity index (χ3v) is 3.27. The molecule has 1 N–H and O–H groups in total. The van der Waals surface area contributed by atoms with Gasteiger partial charge in [0, 0.05) is 13.2 Å². The van der Waals surface area contributed by atoms with Crippen LogP contribution in [0.1, 0.15) is 37.8 Å². The Hall–Kier alpha value is -0.830. The van der Waals surface area contributed by atoms with Crippen LogP contribution in [0.15, 0.2) is 12.3 Å². The quantitative estimate of drug-likeness (QED) is 0.754. The Labute approximate surface area is 91.1 Å². The summed E-state index contributed by atoms with van der Waals surface area (Å²) in [4.78, 5) is 0. The molecular formula is C12H20N2O. The molecule has 1 aliphatic rings. The van der Waals surface area contributed by atoms with Crippen molar-refractivity contribution < 1.29 is 5.11 Å². The van der Waals surface area contributed by atoms with Crippen LogP contribution in [-0.2, 0) is 13.5 Å². The van der Waals surface area contributed by atoms with Gasteiger partial charge in [-0.2, -0.15) is 5.10 Å². The number of hydrogen-bond acceptors (Lipinski definition) is 2. The van der Waals surface area contributed by atoms with Crippen molar-refractivity contribution in [3.63, 3.8) is 0 Å². The predicted molar refractivity (Wildman–Crippen MR) is 59.5 cm³/mol. The molecule has 1 aromatic rings. The van der Waals surface area contributed by atoms with Crippen LogP contribution in [0.3, 0.4) is 0 Å². The molecule has 2 unspecified atom stereocenters. The maximum atomic E-state index is 9.72. The van der Waals surface area contributed by atoms with Crippen LogP contribution < -0.4 is 0 Å². The number of hydrogen-bond donors (Lipinski definition) is 1. The highest BCUT2D eigenvalue weighted by atomic mass is 16.3. The lowest BCUT2D eigenvalue weighted by Gasteiger charge is -2.14. The molecule has 3 heteroatoms. The topological polar surface area (TPSA) is 38.0 Å². The summed E-state index contributed by atoms with van der Waals surface area (Å²) in [5, 5.41) is 14.1. The van der Waals surface area contributed by atoms with Gasteiger partial charge in [-0.3, -0.25) is 4.68 Å². The highest BCUT2D eigenvalue weighted by molar-refractivity contribution is 5.00. The van der Waals surface area contributed by atoms with Crippen molar-refractivity contribution in [2.45, 2.75) is 44.6 Å². The Morgan fingerprint density at radius 3 is 3.00 bits per heavy atom. The lowest BCUT2D eigenvalue weighted by molar-refractivity contribution is 0.141. The van der Waals surface area contributed by atoms with E-state index in [1.165, 1.54) is 19.3 Å². The summed E-state index contributed by atoms with van der Waals surface area (Å²) in [6, 6.07) is 2.08. The molecule has 84 valence electrons. The monoisotopic (exact) mass is 208 g/mol. The summed E-state index contributed by atoms with van der Waals surface area (Å²) < 4.78 is 1.85. The maximum absolute atomic E-state index is 9.72. The predicted octanol–water partition coefficient (Wildman–Crippen LogP) is 1.90. The number of aromatic nitrogens is 2. The van der Waals surface area contributed by atoms with E-state index >= 15 is 0 Å². The first-order valence-electron chi connectivity index (χ1n) is 5.90. The molecule has 0 saturated heterocycles. The minimum atomic E-state index is -0.0822. The second-order valence-corrected chi connectivity index (χ2v) is 4.72. The number of nitrogens with zero attached hydrogens (tertiary/aromatic N) is 2. The highest BCUT2D eigenvalue weighted by Gasteiger charge is 2.19. The lowest BCUT2D eigenvalue weighted by atomic mass is 9.94.